The van der Waals surface area contributed by atoms with Crippen molar-refractivity contribution < 1.29 is 0 Å². The first kappa shape index (κ1) is 10.3. The first-order chi connectivity index (χ1) is 7.84. The van der Waals surface area contributed by atoms with Crippen molar-refractivity contribution in [1.82, 2.24) is 4.90 Å². The van der Waals surface area contributed by atoms with Crippen molar-refractivity contribution in [1.29, 1.82) is 0 Å². The molecule has 1 aromatic carbocycles. The Morgan fingerprint density at radius 1 is 1.19 bits per heavy atom. The molecule has 0 radical (unpaired) electrons. The van der Waals surface area contributed by atoms with Gasteiger partial charge < -0.3 is 4.90 Å². The molecule has 2 heterocycles. The van der Waals surface area contributed by atoms with Crippen molar-refractivity contribution in [3.05, 3.63) is 28.2 Å². The van der Waals surface area contributed by atoms with Crippen LogP contribution in [0.2, 0.25) is 0 Å². The molecule has 84 valence electrons. The number of nitrogens with zero attached hydrogens (tertiary/aromatic N) is 2. The summed E-state index contributed by atoms with van der Waals surface area (Å²) in [4.78, 5) is 7.27. The van der Waals surface area contributed by atoms with Gasteiger partial charge in [-0.05, 0) is 40.4 Å². The minimum atomic E-state index is 1.04. The molecule has 0 unspecified atom stereocenters. The van der Waals surface area contributed by atoms with Gasteiger partial charge in [-0.25, -0.2) is 4.99 Å². The monoisotopic (exact) mass is 278 g/mol. The number of hydrogen-bond acceptors (Lipinski definition) is 2. The van der Waals surface area contributed by atoms with Crippen LogP contribution in [0, 0.1) is 0 Å². The first-order valence-electron chi connectivity index (χ1n) is 5.94. The topological polar surface area (TPSA) is 15.6 Å². The average Bonchev–Trinajstić information content (AvgIpc) is 2.52. The second-order valence-corrected chi connectivity index (χ2v) is 5.36. The minimum absolute atomic E-state index is 1.04. The van der Waals surface area contributed by atoms with Crippen LogP contribution in [0.25, 0.3) is 0 Å². The molecule has 3 heteroatoms. The molecule has 2 aliphatic rings. The van der Waals surface area contributed by atoms with Gasteiger partial charge in [-0.2, -0.15) is 0 Å². The lowest BCUT2D eigenvalue weighted by atomic mass is 10.1. The Labute approximate surface area is 104 Å². The number of amidine groups is 1. The number of para-hydroxylation sites is 1. The Balaban J connectivity index is 2.03. The summed E-state index contributed by atoms with van der Waals surface area (Å²) >= 11 is 3.59. The van der Waals surface area contributed by atoms with Crippen molar-refractivity contribution in [2.24, 2.45) is 4.99 Å². The summed E-state index contributed by atoms with van der Waals surface area (Å²) in [7, 11) is 0. The third kappa shape index (κ3) is 1.77. The molecule has 0 amide bonds. The van der Waals surface area contributed by atoms with Crippen LogP contribution in [-0.2, 0) is 6.54 Å². The summed E-state index contributed by atoms with van der Waals surface area (Å²) in [6.07, 6.45) is 5.07. The van der Waals surface area contributed by atoms with Gasteiger partial charge in [0.15, 0.2) is 0 Å². The maximum Gasteiger partial charge on any atom is 0.105 e. The van der Waals surface area contributed by atoms with Crippen LogP contribution in [0.5, 0.6) is 0 Å². The number of aliphatic imine (C=N–C) groups is 1. The lowest BCUT2D eigenvalue weighted by molar-refractivity contribution is 0.403. The molecule has 0 bridgehead atoms. The SMILES string of the molecule is Brc1cccc2c1N=C1CCCCCN1C2. The summed E-state index contributed by atoms with van der Waals surface area (Å²) in [6, 6.07) is 6.36. The van der Waals surface area contributed by atoms with E-state index >= 15 is 0 Å². The second kappa shape index (κ2) is 4.21. The molecule has 1 saturated heterocycles. The normalized spacial score (nSPS) is 19.6. The Morgan fingerprint density at radius 2 is 2.12 bits per heavy atom. The quantitative estimate of drug-likeness (QED) is 0.704. The van der Waals surface area contributed by atoms with E-state index in [4.69, 9.17) is 4.99 Å². The van der Waals surface area contributed by atoms with E-state index in [1.165, 1.54) is 37.2 Å². The smallest absolute Gasteiger partial charge is 0.105 e. The molecule has 1 fully saturated rings. The van der Waals surface area contributed by atoms with E-state index in [0.29, 0.717) is 0 Å². The molecule has 0 N–H and O–H groups in total. The summed E-state index contributed by atoms with van der Waals surface area (Å²) in [6.45, 7) is 2.21. The molecule has 0 atom stereocenters. The predicted molar refractivity (Wildman–Crippen MR) is 70.1 cm³/mol. The maximum absolute atomic E-state index is 4.82. The van der Waals surface area contributed by atoms with Gasteiger partial charge in [0.05, 0.1) is 5.69 Å². The van der Waals surface area contributed by atoms with Gasteiger partial charge in [0.1, 0.15) is 5.84 Å². The molecule has 0 spiro atoms. The van der Waals surface area contributed by atoms with Gasteiger partial charge in [0.25, 0.3) is 0 Å². The Bertz CT molecular complexity index is 440. The lowest BCUT2D eigenvalue weighted by Crippen LogP contribution is -2.32. The van der Waals surface area contributed by atoms with E-state index in [-0.39, 0.29) is 0 Å². The third-order valence-electron chi connectivity index (χ3n) is 3.37. The van der Waals surface area contributed by atoms with Crippen molar-refractivity contribution in [3.63, 3.8) is 0 Å². The Hall–Kier alpha value is -0.830. The van der Waals surface area contributed by atoms with Gasteiger partial charge in [-0.15, -0.1) is 0 Å². The molecule has 0 aromatic heterocycles. The van der Waals surface area contributed by atoms with Gasteiger partial charge in [-0.3, -0.25) is 0 Å². The highest BCUT2D eigenvalue weighted by atomic mass is 79.9. The highest BCUT2D eigenvalue weighted by Gasteiger charge is 2.21. The standard InChI is InChI=1S/C13H15BrN2/c14-11-6-4-5-10-9-16-8-3-1-2-7-12(16)15-13(10)11/h4-6H,1-3,7-9H2. The fourth-order valence-corrected chi connectivity index (χ4v) is 2.99. The zero-order valence-corrected chi connectivity index (χ0v) is 10.8. The van der Waals surface area contributed by atoms with E-state index in [9.17, 15) is 0 Å². The van der Waals surface area contributed by atoms with E-state index in [0.717, 1.165) is 23.1 Å². The van der Waals surface area contributed by atoms with Gasteiger partial charge in [0.2, 0.25) is 0 Å². The number of hydrogen-bond donors (Lipinski definition) is 0. The highest BCUT2D eigenvalue weighted by Crippen LogP contribution is 2.35. The summed E-state index contributed by atoms with van der Waals surface area (Å²) in [5.41, 5.74) is 2.50. The molecule has 2 nitrogen and oxygen atoms in total. The number of benzene rings is 1. The summed E-state index contributed by atoms with van der Waals surface area (Å²) in [5.74, 6) is 1.29. The van der Waals surface area contributed by atoms with Crippen LogP contribution in [0.1, 0.15) is 31.2 Å². The van der Waals surface area contributed by atoms with Gasteiger partial charge in [0, 0.05) is 24.0 Å². The first-order valence-corrected chi connectivity index (χ1v) is 6.74. The van der Waals surface area contributed by atoms with Crippen molar-refractivity contribution in [2.45, 2.75) is 32.2 Å². The molecule has 3 rings (SSSR count). The van der Waals surface area contributed by atoms with Gasteiger partial charge >= 0.3 is 0 Å². The Morgan fingerprint density at radius 3 is 3.06 bits per heavy atom. The summed E-state index contributed by atoms with van der Waals surface area (Å²) < 4.78 is 1.13. The van der Waals surface area contributed by atoms with Crippen LogP contribution in [0.15, 0.2) is 27.7 Å². The largest absolute Gasteiger partial charge is 0.356 e. The van der Waals surface area contributed by atoms with Crippen molar-refractivity contribution >= 4 is 27.5 Å². The second-order valence-electron chi connectivity index (χ2n) is 4.51. The molecule has 16 heavy (non-hydrogen) atoms. The number of rotatable bonds is 0. The fourth-order valence-electron chi connectivity index (χ4n) is 2.49. The highest BCUT2D eigenvalue weighted by molar-refractivity contribution is 9.10. The van der Waals surface area contributed by atoms with Crippen LogP contribution < -0.4 is 0 Å². The van der Waals surface area contributed by atoms with E-state index < -0.39 is 0 Å². The lowest BCUT2D eigenvalue weighted by Gasteiger charge is -2.29. The van der Waals surface area contributed by atoms with E-state index in [2.05, 4.69) is 39.0 Å². The van der Waals surface area contributed by atoms with E-state index in [1.807, 2.05) is 0 Å². The van der Waals surface area contributed by atoms with Crippen LogP contribution in [-0.4, -0.2) is 17.3 Å². The van der Waals surface area contributed by atoms with Gasteiger partial charge in [-0.1, -0.05) is 18.6 Å². The fraction of sp³-hybridized carbons (Fsp3) is 0.462. The number of fused-ring (bicyclic) bond motifs is 2. The summed E-state index contributed by atoms with van der Waals surface area (Å²) in [5, 5.41) is 0. The Kier molecular flexibility index (Phi) is 2.72. The van der Waals surface area contributed by atoms with Crippen LogP contribution in [0.3, 0.4) is 0 Å². The van der Waals surface area contributed by atoms with Crippen LogP contribution >= 0.6 is 15.9 Å². The maximum atomic E-state index is 4.82. The van der Waals surface area contributed by atoms with Crippen molar-refractivity contribution in [2.75, 3.05) is 6.54 Å². The molecule has 1 aromatic rings. The van der Waals surface area contributed by atoms with Crippen LogP contribution in [0.4, 0.5) is 5.69 Å². The van der Waals surface area contributed by atoms with E-state index in [1.54, 1.807) is 0 Å². The number of halogens is 1. The predicted octanol–water partition coefficient (Wildman–Crippen LogP) is 3.87. The minimum Gasteiger partial charge on any atom is -0.356 e. The zero-order valence-electron chi connectivity index (χ0n) is 9.25. The molecule has 0 aliphatic carbocycles. The molecular formula is C13H15BrN2. The van der Waals surface area contributed by atoms with Crippen molar-refractivity contribution in [3.8, 4) is 0 Å². The molecule has 2 aliphatic heterocycles. The third-order valence-corrected chi connectivity index (χ3v) is 4.01. The molecule has 0 saturated carbocycles. The zero-order chi connectivity index (χ0) is 11.0. The average molecular weight is 279 g/mol. The molecular weight excluding hydrogens is 264 g/mol.